The van der Waals surface area contributed by atoms with Crippen LogP contribution in [0.3, 0.4) is 0 Å². The van der Waals surface area contributed by atoms with Gasteiger partial charge in [-0.25, -0.2) is 8.78 Å². The second-order valence-electron chi connectivity index (χ2n) is 5.89. The van der Waals surface area contributed by atoms with Crippen molar-refractivity contribution < 1.29 is 18.6 Å². The number of aliphatic hydroxyl groups excluding tert-OH is 1. The van der Waals surface area contributed by atoms with Crippen LogP contribution in [0.4, 0.5) is 8.78 Å². The summed E-state index contributed by atoms with van der Waals surface area (Å²) in [5.41, 5.74) is 1.16. The van der Waals surface area contributed by atoms with Crippen molar-refractivity contribution in [1.29, 1.82) is 5.26 Å². The molecule has 1 N–H and O–H groups in total. The topological polar surface area (TPSA) is 56.5 Å². The number of aliphatic hydroxyl groups is 1. The lowest BCUT2D eigenvalue weighted by Gasteiger charge is -2.27. The Kier molecular flexibility index (Phi) is 6.45. The number of nitriles is 1. The minimum absolute atomic E-state index is 0.0841. The lowest BCUT2D eigenvalue weighted by atomic mass is 10.1. The Morgan fingerprint density at radius 2 is 1.84 bits per heavy atom. The van der Waals surface area contributed by atoms with Gasteiger partial charge < -0.3 is 9.84 Å². The molecule has 0 aliphatic rings. The molecule has 25 heavy (non-hydrogen) atoms. The predicted octanol–water partition coefficient (Wildman–Crippen LogP) is 3.27. The van der Waals surface area contributed by atoms with Gasteiger partial charge >= 0.3 is 0 Å². The van der Waals surface area contributed by atoms with Crippen molar-refractivity contribution in [3.05, 3.63) is 65.2 Å². The molecule has 0 aromatic heterocycles. The second-order valence-corrected chi connectivity index (χ2v) is 5.89. The summed E-state index contributed by atoms with van der Waals surface area (Å²) in [6, 6.07) is 12.2. The summed E-state index contributed by atoms with van der Waals surface area (Å²) in [6.45, 7) is 2.23. The van der Waals surface area contributed by atoms with Crippen molar-refractivity contribution in [1.82, 2.24) is 4.90 Å². The normalized spacial score (nSPS) is 13.3. The third-order valence-corrected chi connectivity index (χ3v) is 4.01. The molecule has 2 rings (SSSR count). The lowest BCUT2D eigenvalue weighted by molar-refractivity contribution is 0.0653. The van der Waals surface area contributed by atoms with E-state index in [0.717, 1.165) is 12.1 Å². The van der Waals surface area contributed by atoms with Crippen LogP contribution in [-0.4, -0.2) is 36.3 Å². The number of hydrogen-bond acceptors (Lipinski definition) is 4. The number of likely N-dealkylation sites (N-methyl/N-ethyl adjacent to an activating group) is 1. The third-order valence-electron chi connectivity index (χ3n) is 4.01. The smallest absolute Gasteiger partial charge is 0.159 e. The number of rotatable bonds is 7. The molecule has 2 aromatic rings. The number of nitrogens with zero attached hydrogens (tertiary/aromatic N) is 2. The van der Waals surface area contributed by atoms with E-state index in [0.29, 0.717) is 23.4 Å². The van der Waals surface area contributed by atoms with Crippen LogP contribution in [0.1, 0.15) is 24.1 Å². The molecule has 2 aromatic carbocycles. The Morgan fingerprint density at radius 1 is 1.16 bits per heavy atom. The molecule has 0 aliphatic heterocycles. The molecule has 6 heteroatoms. The van der Waals surface area contributed by atoms with Gasteiger partial charge in [-0.05, 0) is 55.9 Å². The molecular weight excluding hydrogens is 326 g/mol. The van der Waals surface area contributed by atoms with E-state index < -0.39 is 17.7 Å². The van der Waals surface area contributed by atoms with Gasteiger partial charge in [-0.1, -0.05) is 6.07 Å². The van der Waals surface area contributed by atoms with Crippen LogP contribution in [0.2, 0.25) is 0 Å². The third kappa shape index (κ3) is 5.24. The summed E-state index contributed by atoms with van der Waals surface area (Å²) in [5, 5.41) is 18.9. The maximum absolute atomic E-state index is 13.3. The van der Waals surface area contributed by atoms with Crippen molar-refractivity contribution >= 4 is 0 Å². The zero-order valence-electron chi connectivity index (χ0n) is 14.1. The van der Waals surface area contributed by atoms with Crippen LogP contribution < -0.4 is 4.74 Å². The molecule has 4 nitrogen and oxygen atoms in total. The first-order chi connectivity index (χ1) is 11.9. The largest absolute Gasteiger partial charge is 0.491 e. The molecule has 0 radical (unpaired) electrons. The SMILES string of the molecule is CC(c1ccc(F)c(F)c1)N(C)CC(O)COc1ccc(C#N)cc1. The van der Waals surface area contributed by atoms with Crippen molar-refractivity contribution in [3.63, 3.8) is 0 Å². The molecule has 2 unspecified atom stereocenters. The Labute approximate surface area is 145 Å². The zero-order chi connectivity index (χ0) is 18.4. The monoisotopic (exact) mass is 346 g/mol. The average molecular weight is 346 g/mol. The second kappa shape index (κ2) is 8.56. The minimum Gasteiger partial charge on any atom is -0.491 e. The number of benzene rings is 2. The molecule has 0 bridgehead atoms. The summed E-state index contributed by atoms with van der Waals surface area (Å²) < 4.78 is 31.9. The fraction of sp³-hybridized carbons (Fsp3) is 0.316. The predicted molar refractivity (Wildman–Crippen MR) is 90.1 cm³/mol. The maximum Gasteiger partial charge on any atom is 0.159 e. The first-order valence-electron chi connectivity index (χ1n) is 7.87. The van der Waals surface area contributed by atoms with E-state index in [1.165, 1.54) is 6.07 Å². The van der Waals surface area contributed by atoms with Gasteiger partial charge in [0.2, 0.25) is 0 Å². The van der Waals surface area contributed by atoms with Crippen LogP contribution in [0, 0.1) is 23.0 Å². The van der Waals surface area contributed by atoms with Crippen molar-refractivity contribution in [3.8, 4) is 11.8 Å². The fourth-order valence-electron chi connectivity index (χ4n) is 2.39. The van der Waals surface area contributed by atoms with Gasteiger partial charge in [0.1, 0.15) is 18.5 Å². The van der Waals surface area contributed by atoms with Gasteiger partial charge in [0.25, 0.3) is 0 Å². The van der Waals surface area contributed by atoms with Gasteiger partial charge in [-0.15, -0.1) is 0 Å². The Balaban J connectivity index is 1.86. The van der Waals surface area contributed by atoms with E-state index in [-0.39, 0.29) is 12.6 Å². The molecule has 0 aliphatic carbocycles. The number of halogens is 2. The molecule has 0 amide bonds. The number of ether oxygens (including phenoxy) is 1. The van der Waals surface area contributed by atoms with Gasteiger partial charge in [0.05, 0.1) is 11.6 Å². The summed E-state index contributed by atoms with van der Waals surface area (Å²) in [7, 11) is 1.79. The molecule has 0 spiro atoms. The van der Waals surface area contributed by atoms with E-state index in [1.807, 2.05) is 17.9 Å². The van der Waals surface area contributed by atoms with Gasteiger partial charge in [0, 0.05) is 12.6 Å². The molecule has 0 saturated carbocycles. The maximum atomic E-state index is 13.3. The van der Waals surface area contributed by atoms with Crippen LogP contribution in [0.5, 0.6) is 5.75 Å². The first-order valence-corrected chi connectivity index (χ1v) is 7.87. The van der Waals surface area contributed by atoms with Gasteiger partial charge in [-0.3, -0.25) is 4.90 Å². The van der Waals surface area contributed by atoms with Crippen molar-refractivity contribution in [2.24, 2.45) is 0 Å². The van der Waals surface area contributed by atoms with E-state index in [2.05, 4.69) is 0 Å². The highest BCUT2D eigenvalue weighted by Crippen LogP contribution is 2.21. The summed E-state index contributed by atoms with van der Waals surface area (Å²) in [5.74, 6) is -1.20. The van der Waals surface area contributed by atoms with Crippen LogP contribution in [0.15, 0.2) is 42.5 Å². The van der Waals surface area contributed by atoms with E-state index in [4.69, 9.17) is 10.00 Å². The van der Waals surface area contributed by atoms with Gasteiger partial charge in [-0.2, -0.15) is 5.26 Å². The standard InChI is InChI=1S/C19H20F2N2O2/c1-13(15-5-8-18(20)19(21)9-15)23(2)11-16(24)12-25-17-6-3-14(10-22)4-7-17/h3-9,13,16,24H,11-12H2,1-2H3. The highest BCUT2D eigenvalue weighted by Gasteiger charge is 2.17. The minimum atomic E-state index is -0.887. The molecular formula is C19H20F2N2O2. The summed E-state index contributed by atoms with van der Waals surface area (Å²) in [4.78, 5) is 1.83. The molecule has 132 valence electrons. The molecule has 0 saturated heterocycles. The first kappa shape index (κ1) is 18.8. The van der Waals surface area contributed by atoms with E-state index >= 15 is 0 Å². The Hall–Kier alpha value is -2.49. The van der Waals surface area contributed by atoms with Crippen LogP contribution in [-0.2, 0) is 0 Å². The Morgan fingerprint density at radius 3 is 2.44 bits per heavy atom. The Bertz CT molecular complexity index is 744. The van der Waals surface area contributed by atoms with Crippen molar-refractivity contribution in [2.75, 3.05) is 20.2 Å². The van der Waals surface area contributed by atoms with Crippen LogP contribution >= 0.6 is 0 Å². The highest BCUT2D eigenvalue weighted by molar-refractivity contribution is 5.34. The van der Waals surface area contributed by atoms with Gasteiger partial charge in [0.15, 0.2) is 11.6 Å². The van der Waals surface area contributed by atoms with Crippen molar-refractivity contribution in [2.45, 2.75) is 19.1 Å². The fourth-order valence-corrected chi connectivity index (χ4v) is 2.39. The lowest BCUT2D eigenvalue weighted by Crippen LogP contribution is -2.34. The molecule has 2 atom stereocenters. The van der Waals surface area contributed by atoms with Crippen LogP contribution in [0.25, 0.3) is 0 Å². The highest BCUT2D eigenvalue weighted by atomic mass is 19.2. The summed E-state index contributed by atoms with van der Waals surface area (Å²) >= 11 is 0. The summed E-state index contributed by atoms with van der Waals surface area (Å²) in [6.07, 6.45) is -0.756. The van der Waals surface area contributed by atoms with E-state index in [1.54, 1.807) is 31.3 Å². The van der Waals surface area contributed by atoms with E-state index in [9.17, 15) is 13.9 Å². The quantitative estimate of drug-likeness (QED) is 0.836. The average Bonchev–Trinajstić information content (AvgIpc) is 2.62. The number of hydrogen-bond donors (Lipinski definition) is 1. The molecule has 0 heterocycles. The zero-order valence-corrected chi connectivity index (χ0v) is 14.1. The molecule has 0 fully saturated rings.